The zero-order valence-electron chi connectivity index (χ0n) is 9.99. The molecule has 0 bridgehead atoms. The van der Waals surface area contributed by atoms with E-state index in [0.29, 0.717) is 5.76 Å². The maximum atomic E-state index is 12.5. The van der Waals surface area contributed by atoms with E-state index >= 15 is 0 Å². The van der Waals surface area contributed by atoms with E-state index in [1.807, 2.05) is 0 Å². The number of carbonyl (C=O) groups is 1. The number of nitrogens with zero attached hydrogens (tertiary/aromatic N) is 1. The van der Waals surface area contributed by atoms with Gasteiger partial charge in [-0.15, -0.1) is 0 Å². The summed E-state index contributed by atoms with van der Waals surface area (Å²) < 4.78 is 42.4. The van der Waals surface area contributed by atoms with Crippen molar-refractivity contribution in [1.29, 1.82) is 0 Å². The van der Waals surface area contributed by atoms with Crippen LogP contribution in [0.25, 0.3) is 0 Å². The van der Waals surface area contributed by atoms with Gasteiger partial charge in [-0.1, -0.05) is 0 Å². The second-order valence-electron chi connectivity index (χ2n) is 4.13. The minimum Gasteiger partial charge on any atom is -0.481 e. The number of hydrogen-bond acceptors (Lipinski definition) is 3. The third-order valence-electron chi connectivity index (χ3n) is 2.59. The molecule has 0 amide bonds. The molecule has 0 saturated carbocycles. The van der Waals surface area contributed by atoms with Crippen molar-refractivity contribution in [3.05, 3.63) is 23.7 Å². The van der Waals surface area contributed by atoms with Crippen LogP contribution in [-0.4, -0.2) is 35.7 Å². The van der Waals surface area contributed by atoms with Crippen LogP contribution in [-0.2, 0) is 11.3 Å². The molecular weight excluding hydrogens is 251 g/mol. The summed E-state index contributed by atoms with van der Waals surface area (Å²) in [5.41, 5.74) is 0.740. The van der Waals surface area contributed by atoms with Crippen molar-refractivity contribution >= 4 is 5.97 Å². The normalized spacial score (nSPS) is 13.9. The summed E-state index contributed by atoms with van der Waals surface area (Å²) in [7, 11) is 1.44. The molecule has 1 N–H and O–H groups in total. The summed E-state index contributed by atoms with van der Waals surface area (Å²) in [5.74, 6) is -3.63. The van der Waals surface area contributed by atoms with Crippen molar-refractivity contribution in [2.45, 2.75) is 19.6 Å². The third kappa shape index (κ3) is 3.76. The van der Waals surface area contributed by atoms with E-state index in [9.17, 15) is 18.0 Å². The van der Waals surface area contributed by atoms with Gasteiger partial charge in [0, 0.05) is 18.7 Å². The van der Waals surface area contributed by atoms with Crippen LogP contribution in [0.1, 0.15) is 11.3 Å². The topological polar surface area (TPSA) is 53.7 Å². The molecule has 0 radical (unpaired) electrons. The van der Waals surface area contributed by atoms with Gasteiger partial charge in [0.05, 0.1) is 6.26 Å². The van der Waals surface area contributed by atoms with Crippen molar-refractivity contribution in [1.82, 2.24) is 4.90 Å². The smallest absolute Gasteiger partial charge is 0.403 e. The van der Waals surface area contributed by atoms with E-state index in [1.54, 1.807) is 13.0 Å². The number of furan rings is 1. The lowest BCUT2D eigenvalue weighted by atomic mass is 10.1. The van der Waals surface area contributed by atoms with Crippen molar-refractivity contribution in [3.63, 3.8) is 0 Å². The molecule has 1 aromatic rings. The Balaban J connectivity index is 2.65. The van der Waals surface area contributed by atoms with Gasteiger partial charge in [0.25, 0.3) is 0 Å². The first-order valence-corrected chi connectivity index (χ1v) is 5.23. The highest BCUT2D eigenvalue weighted by Crippen LogP contribution is 2.27. The number of carboxylic acid groups (broad SMARTS) is 1. The van der Waals surface area contributed by atoms with Gasteiger partial charge in [-0.2, -0.15) is 13.2 Å². The monoisotopic (exact) mass is 265 g/mol. The fourth-order valence-electron chi connectivity index (χ4n) is 1.56. The molecule has 0 aliphatic rings. The summed E-state index contributed by atoms with van der Waals surface area (Å²) in [5, 5.41) is 8.57. The molecule has 0 aromatic carbocycles. The molecule has 0 saturated heterocycles. The number of aryl methyl sites for hydroxylation is 1. The molecular formula is C11H14F3NO3. The molecule has 0 aliphatic carbocycles. The van der Waals surface area contributed by atoms with Crippen LogP contribution in [0, 0.1) is 12.8 Å². The quantitative estimate of drug-likeness (QED) is 0.887. The SMILES string of the molecule is Cc1occc1CN(C)CC(C(=O)O)C(F)(F)F. The fraction of sp³-hybridized carbons (Fsp3) is 0.545. The van der Waals surface area contributed by atoms with Gasteiger partial charge in [0.1, 0.15) is 5.76 Å². The predicted molar refractivity (Wildman–Crippen MR) is 57.0 cm³/mol. The number of alkyl halides is 3. The Labute approximate surface area is 102 Å². The minimum atomic E-state index is -4.74. The van der Waals surface area contributed by atoms with Crippen LogP contribution in [0.2, 0.25) is 0 Å². The molecule has 1 rings (SSSR count). The Bertz CT molecular complexity index is 414. The first-order chi connectivity index (χ1) is 8.21. The number of carboxylic acids is 1. The van der Waals surface area contributed by atoms with Crippen LogP contribution in [0.3, 0.4) is 0 Å². The zero-order chi connectivity index (χ0) is 13.9. The number of aliphatic carboxylic acids is 1. The van der Waals surface area contributed by atoms with Gasteiger partial charge in [-0.05, 0) is 20.0 Å². The van der Waals surface area contributed by atoms with Gasteiger partial charge >= 0.3 is 12.1 Å². The van der Waals surface area contributed by atoms with Gasteiger partial charge in [-0.25, -0.2) is 0 Å². The van der Waals surface area contributed by atoms with E-state index in [-0.39, 0.29) is 6.54 Å². The Hall–Kier alpha value is -1.50. The number of hydrogen-bond donors (Lipinski definition) is 1. The van der Waals surface area contributed by atoms with Crippen molar-refractivity contribution in [2.75, 3.05) is 13.6 Å². The first kappa shape index (κ1) is 14.6. The average molecular weight is 265 g/mol. The molecule has 102 valence electrons. The van der Waals surface area contributed by atoms with E-state index in [0.717, 1.165) is 5.56 Å². The van der Waals surface area contributed by atoms with Crippen LogP contribution in [0.15, 0.2) is 16.7 Å². The maximum absolute atomic E-state index is 12.5. The van der Waals surface area contributed by atoms with Crippen molar-refractivity contribution < 1.29 is 27.5 Å². The first-order valence-electron chi connectivity index (χ1n) is 5.23. The van der Waals surface area contributed by atoms with Gasteiger partial charge in [-0.3, -0.25) is 4.79 Å². The summed E-state index contributed by atoms with van der Waals surface area (Å²) >= 11 is 0. The average Bonchev–Trinajstić information content (AvgIpc) is 2.59. The maximum Gasteiger partial charge on any atom is 0.403 e. The Morgan fingerprint density at radius 3 is 2.56 bits per heavy atom. The summed E-state index contributed by atoms with van der Waals surface area (Å²) in [6.07, 6.45) is -3.30. The molecule has 0 spiro atoms. The lowest BCUT2D eigenvalue weighted by molar-refractivity contribution is -0.196. The molecule has 0 fully saturated rings. The molecule has 7 heteroatoms. The molecule has 1 atom stereocenters. The Kier molecular flexibility index (Phi) is 4.39. The van der Waals surface area contributed by atoms with E-state index in [4.69, 9.17) is 9.52 Å². The summed E-state index contributed by atoms with van der Waals surface area (Å²) in [4.78, 5) is 11.9. The number of rotatable bonds is 5. The van der Waals surface area contributed by atoms with Crippen LogP contribution < -0.4 is 0 Å². The number of halogens is 3. The highest BCUT2D eigenvalue weighted by atomic mass is 19.4. The lowest BCUT2D eigenvalue weighted by Gasteiger charge is -2.22. The Morgan fingerprint density at radius 2 is 2.17 bits per heavy atom. The van der Waals surface area contributed by atoms with E-state index in [2.05, 4.69) is 0 Å². The molecule has 18 heavy (non-hydrogen) atoms. The van der Waals surface area contributed by atoms with Crippen molar-refractivity contribution in [3.8, 4) is 0 Å². The lowest BCUT2D eigenvalue weighted by Crippen LogP contribution is -2.39. The largest absolute Gasteiger partial charge is 0.481 e. The summed E-state index contributed by atoms with van der Waals surface area (Å²) in [6, 6.07) is 1.65. The fourth-order valence-corrected chi connectivity index (χ4v) is 1.56. The molecule has 1 unspecified atom stereocenters. The highest BCUT2D eigenvalue weighted by Gasteiger charge is 2.45. The van der Waals surface area contributed by atoms with E-state index < -0.39 is 24.6 Å². The van der Waals surface area contributed by atoms with Crippen LogP contribution in [0.5, 0.6) is 0 Å². The standard InChI is InChI=1S/C11H14F3NO3/c1-7-8(3-4-18-7)5-15(2)6-9(10(16)17)11(12,13)14/h3-4,9H,5-6H2,1-2H3,(H,16,17). The predicted octanol–water partition coefficient (Wildman–Crippen LogP) is 2.28. The second kappa shape index (κ2) is 5.43. The zero-order valence-corrected chi connectivity index (χ0v) is 9.99. The van der Waals surface area contributed by atoms with Gasteiger partial charge < -0.3 is 14.4 Å². The molecule has 1 aromatic heterocycles. The second-order valence-corrected chi connectivity index (χ2v) is 4.13. The van der Waals surface area contributed by atoms with Gasteiger partial charge in [0.15, 0.2) is 5.92 Å². The summed E-state index contributed by atoms with van der Waals surface area (Å²) in [6.45, 7) is 1.31. The van der Waals surface area contributed by atoms with Gasteiger partial charge in [0.2, 0.25) is 0 Å². The Morgan fingerprint density at radius 1 is 1.56 bits per heavy atom. The molecule has 4 nitrogen and oxygen atoms in total. The van der Waals surface area contributed by atoms with Crippen LogP contribution >= 0.6 is 0 Å². The third-order valence-corrected chi connectivity index (χ3v) is 2.59. The van der Waals surface area contributed by atoms with E-state index in [1.165, 1.54) is 18.2 Å². The highest BCUT2D eigenvalue weighted by molar-refractivity contribution is 5.71. The minimum absolute atomic E-state index is 0.211. The van der Waals surface area contributed by atoms with Crippen LogP contribution in [0.4, 0.5) is 13.2 Å². The molecule has 1 heterocycles. The molecule has 0 aliphatic heterocycles. The van der Waals surface area contributed by atoms with Crippen molar-refractivity contribution in [2.24, 2.45) is 5.92 Å².